The van der Waals surface area contributed by atoms with Crippen molar-refractivity contribution in [2.45, 2.75) is 26.0 Å². The van der Waals surface area contributed by atoms with Crippen LogP contribution >= 0.6 is 0 Å². The maximum Gasteiger partial charge on any atom is 0.326 e. The molecule has 0 aliphatic heterocycles. The van der Waals surface area contributed by atoms with Gasteiger partial charge in [0, 0.05) is 11.8 Å². The van der Waals surface area contributed by atoms with Gasteiger partial charge in [0.1, 0.15) is 11.6 Å². The Morgan fingerprint density at radius 3 is 2.40 bits per heavy atom. The maximum atomic E-state index is 13.9. The van der Waals surface area contributed by atoms with Gasteiger partial charge in [-0.2, -0.15) is 5.10 Å². The standard InChI is InChI=1S/C13H14BF2N2O2/c1-13(2,19)7-18-6-8(5-17-18)12-10(15)3-9(14-20)4-11(12)16/h3-6,19-20H,7H2,1-2H3. The van der Waals surface area contributed by atoms with E-state index in [-0.39, 0.29) is 23.1 Å². The summed E-state index contributed by atoms with van der Waals surface area (Å²) in [7, 11) is 0.633. The summed E-state index contributed by atoms with van der Waals surface area (Å²) in [6, 6.07) is 2.07. The van der Waals surface area contributed by atoms with E-state index in [1.165, 1.54) is 17.1 Å². The van der Waals surface area contributed by atoms with Crippen LogP contribution in [0.1, 0.15) is 13.8 Å². The van der Waals surface area contributed by atoms with Crippen LogP contribution in [0.25, 0.3) is 11.1 Å². The lowest BCUT2D eigenvalue weighted by Crippen LogP contribution is -2.26. The van der Waals surface area contributed by atoms with Crippen LogP contribution in [0.15, 0.2) is 24.5 Å². The molecule has 0 fully saturated rings. The van der Waals surface area contributed by atoms with E-state index in [0.717, 1.165) is 12.1 Å². The zero-order valence-electron chi connectivity index (χ0n) is 11.1. The summed E-state index contributed by atoms with van der Waals surface area (Å²) >= 11 is 0. The summed E-state index contributed by atoms with van der Waals surface area (Å²) in [5.41, 5.74) is -0.866. The summed E-state index contributed by atoms with van der Waals surface area (Å²) in [5, 5.41) is 22.4. The van der Waals surface area contributed by atoms with Crippen molar-refractivity contribution in [1.29, 1.82) is 0 Å². The van der Waals surface area contributed by atoms with Gasteiger partial charge in [-0.15, -0.1) is 0 Å². The molecule has 1 radical (unpaired) electrons. The topological polar surface area (TPSA) is 58.3 Å². The highest BCUT2D eigenvalue weighted by atomic mass is 19.1. The van der Waals surface area contributed by atoms with Gasteiger partial charge in [-0.1, -0.05) is 0 Å². The molecule has 0 unspecified atom stereocenters. The van der Waals surface area contributed by atoms with Crippen molar-refractivity contribution in [2.24, 2.45) is 0 Å². The lowest BCUT2D eigenvalue weighted by atomic mass is 9.87. The van der Waals surface area contributed by atoms with Crippen molar-refractivity contribution < 1.29 is 18.9 Å². The first-order valence-electron chi connectivity index (χ1n) is 6.02. The van der Waals surface area contributed by atoms with Gasteiger partial charge >= 0.3 is 7.48 Å². The fourth-order valence-corrected chi connectivity index (χ4v) is 1.92. The second kappa shape index (κ2) is 5.34. The van der Waals surface area contributed by atoms with E-state index in [4.69, 9.17) is 5.02 Å². The van der Waals surface area contributed by atoms with Crippen molar-refractivity contribution in [3.05, 3.63) is 36.2 Å². The largest absolute Gasteiger partial charge is 0.450 e. The molecule has 0 saturated carbocycles. The monoisotopic (exact) mass is 279 g/mol. The second-order valence-corrected chi connectivity index (χ2v) is 5.23. The Morgan fingerprint density at radius 2 is 1.90 bits per heavy atom. The molecule has 0 aliphatic rings. The molecule has 1 heterocycles. The van der Waals surface area contributed by atoms with Crippen LogP contribution in [-0.2, 0) is 6.54 Å². The van der Waals surface area contributed by atoms with Gasteiger partial charge < -0.3 is 10.1 Å². The van der Waals surface area contributed by atoms with Crippen LogP contribution in [0.4, 0.5) is 8.78 Å². The average molecular weight is 279 g/mol. The van der Waals surface area contributed by atoms with Crippen LogP contribution < -0.4 is 5.46 Å². The van der Waals surface area contributed by atoms with Crippen molar-refractivity contribution in [3.8, 4) is 11.1 Å². The maximum absolute atomic E-state index is 13.9. The number of benzene rings is 1. The Hall–Kier alpha value is -1.73. The van der Waals surface area contributed by atoms with Crippen molar-refractivity contribution in [1.82, 2.24) is 9.78 Å². The first-order chi connectivity index (χ1) is 9.30. The predicted octanol–water partition coefficient (Wildman–Crippen LogP) is 0.836. The van der Waals surface area contributed by atoms with E-state index in [0.29, 0.717) is 7.48 Å². The molecule has 0 aliphatic carbocycles. The van der Waals surface area contributed by atoms with E-state index in [1.54, 1.807) is 13.8 Å². The smallest absolute Gasteiger partial charge is 0.326 e. The number of aliphatic hydroxyl groups is 1. The van der Waals surface area contributed by atoms with Gasteiger partial charge in [0.05, 0.1) is 23.9 Å². The Kier molecular flexibility index (Phi) is 3.92. The highest BCUT2D eigenvalue weighted by molar-refractivity contribution is 6.45. The number of nitrogens with zero attached hydrogens (tertiary/aromatic N) is 2. The fourth-order valence-electron chi connectivity index (χ4n) is 1.92. The normalized spacial score (nSPS) is 11.7. The number of aromatic nitrogens is 2. The summed E-state index contributed by atoms with van der Waals surface area (Å²) in [4.78, 5) is 0. The number of rotatable bonds is 4. The van der Waals surface area contributed by atoms with Crippen LogP contribution in [0.3, 0.4) is 0 Å². The molecule has 0 spiro atoms. The molecule has 0 amide bonds. The van der Waals surface area contributed by atoms with Gasteiger partial charge in [0.25, 0.3) is 0 Å². The number of hydrogen-bond donors (Lipinski definition) is 2. The van der Waals surface area contributed by atoms with Gasteiger partial charge in [0.2, 0.25) is 0 Å². The van der Waals surface area contributed by atoms with Crippen molar-refractivity contribution >= 4 is 12.9 Å². The number of halogens is 2. The third-order valence-electron chi connectivity index (χ3n) is 2.68. The van der Waals surface area contributed by atoms with Crippen molar-refractivity contribution in [2.75, 3.05) is 0 Å². The molecule has 0 bridgehead atoms. The van der Waals surface area contributed by atoms with Crippen LogP contribution in [-0.4, -0.2) is 33.0 Å². The number of hydrogen-bond acceptors (Lipinski definition) is 3. The molecule has 4 nitrogen and oxygen atoms in total. The van der Waals surface area contributed by atoms with Gasteiger partial charge in [0.15, 0.2) is 0 Å². The Bertz CT molecular complexity index is 600. The minimum Gasteiger partial charge on any atom is -0.450 e. The molecule has 2 rings (SSSR count). The van der Waals surface area contributed by atoms with Crippen LogP contribution in [0.5, 0.6) is 0 Å². The molecule has 20 heavy (non-hydrogen) atoms. The third-order valence-corrected chi connectivity index (χ3v) is 2.68. The molecule has 105 valence electrons. The molecule has 2 aromatic rings. The lowest BCUT2D eigenvalue weighted by Gasteiger charge is -2.16. The quantitative estimate of drug-likeness (QED) is 0.815. The molecule has 1 aromatic carbocycles. The zero-order valence-corrected chi connectivity index (χ0v) is 11.1. The van der Waals surface area contributed by atoms with E-state index < -0.39 is 17.2 Å². The predicted molar refractivity (Wildman–Crippen MR) is 71.5 cm³/mol. The Morgan fingerprint density at radius 1 is 1.30 bits per heavy atom. The summed E-state index contributed by atoms with van der Waals surface area (Å²) in [6.45, 7) is 3.43. The first kappa shape index (κ1) is 14.7. The van der Waals surface area contributed by atoms with Gasteiger partial charge in [-0.3, -0.25) is 4.68 Å². The molecule has 0 atom stereocenters. The molecular weight excluding hydrogens is 265 g/mol. The highest BCUT2D eigenvalue weighted by Crippen LogP contribution is 2.25. The fraction of sp³-hybridized carbons (Fsp3) is 0.308. The SMILES string of the molecule is CC(C)(O)Cn1cc(-c2c(F)cc([B]O)cc2F)cn1. The molecule has 7 heteroatoms. The summed E-state index contributed by atoms with van der Waals surface area (Å²) < 4.78 is 29.2. The van der Waals surface area contributed by atoms with Crippen LogP contribution in [0.2, 0.25) is 0 Å². The van der Waals surface area contributed by atoms with E-state index in [2.05, 4.69) is 5.10 Å². The molecule has 0 saturated heterocycles. The second-order valence-electron chi connectivity index (χ2n) is 5.23. The molecular formula is C13H14BF2N2O2. The highest BCUT2D eigenvalue weighted by Gasteiger charge is 2.18. The minimum absolute atomic E-state index is 0.0487. The first-order valence-corrected chi connectivity index (χ1v) is 6.02. The van der Waals surface area contributed by atoms with E-state index in [9.17, 15) is 13.9 Å². The summed E-state index contributed by atoms with van der Waals surface area (Å²) in [5.74, 6) is -1.57. The molecule has 1 aromatic heterocycles. The van der Waals surface area contributed by atoms with E-state index >= 15 is 0 Å². The third kappa shape index (κ3) is 3.23. The van der Waals surface area contributed by atoms with Gasteiger partial charge in [-0.05, 0) is 31.4 Å². The van der Waals surface area contributed by atoms with Crippen LogP contribution in [0, 0.1) is 11.6 Å². The van der Waals surface area contributed by atoms with Gasteiger partial charge in [-0.25, -0.2) is 8.78 Å². The Labute approximate surface area is 115 Å². The zero-order chi connectivity index (χ0) is 14.9. The average Bonchev–Trinajstić information content (AvgIpc) is 2.73. The summed E-state index contributed by atoms with van der Waals surface area (Å²) in [6.07, 6.45) is 2.79. The molecule has 2 N–H and O–H groups in total. The van der Waals surface area contributed by atoms with Crippen molar-refractivity contribution in [3.63, 3.8) is 0 Å². The van der Waals surface area contributed by atoms with E-state index in [1.807, 2.05) is 0 Å². The Balaban J connectivity index is 2.38. The lowest BCUT2D eigenvalue weighted by molar-refractivity contribution is 0.0577. The minimum atomic E-state index is -0.976.